The van der Waals surface area contributed by atoms with Crippen molar-refractivity contribution >= 4 is 17.4 Å². The van der Waals surface area contributed by atoms with Crippen molar-refractivity contribution in [2.45, 2.75) is 56.8 Å². The van der Waals surface area contributed by atoms with Gasteiger partial charge < -0.3 is 14.2 Å². The van der Waals surface area contributed by atoms with Crippen LogP contribution in [0.15, 0.2) is 23.4 Å². The van der Waals surface area contributed by atoms with Crippen molar-refractivity contribution in [3.05, 3.63) is 24.2 Å². The van der Waals surface area contributed by atoms with Gasteiger partial charge in [0.2, 0.25) is 0 Å². The Kier molecular flexibility index (Phi) is 4.84. The lowest BCUT2D eigenvalue weighted by molar-refractivity contribution is 0.154. The van der Waals surface area contributed by atoms with Crippen LogP contribution in [-0.2, 0) is 0 Å². The Balaban J connectivity index is 2.32. The number of fused-ring (bicyclic) bond motifs is 1. The Labute approximate surface area is 130 Å². The third kappa shape index (κ3) is 4.38. The van der Waals surface area contributed by atoms with E-state index in [1.54, 1.807) is 18.7 Å². The predicted molar refractivity (Wildman–Crippen MR) is 87.3 cm³/mol. The number of aliphatic hydroxyl groups excluding tert-OH is 1. The van der Waals surface area contributed by atoms with E-state index in [0.717, 1.165) is 22.0 Å². The van der Waals surface area contributed by atoms with E-state index in [0.29, 0.717) is 13.0 Å². The molecule has 1 N–H and O–H groups in total. The molecule has 0 spiro atoms. The van der Waals surface area contributed by atoms with Crippen LogP contribution in [0.5, 0.6) is 5.75 Å². The Morgan fingerprint density at radius 3 is 2.76 bits per heavy atom. The molecule has 0 radical (unpaired) electrons. The van der Waals surface area contributed by atoms with Crippen molar-refractivity contribution in [3.63, 3.8) is 0 Å². The molecule has 0 aliphatic carbocycles. The molecule has 5 heteroatoms. The molecule has 2 aromatic rings. The fourth-order valence-electron chi connectivity index (χ4n) is 1.97. The molecule has 0 aliphatic rings. The van der Waals surface area contributed by atoms with Gasteiger partial charge in [-0.05, 0) is 13.8 Å². The number of thioether (sulfide) groups is 1. The highest BCUT2D eigenvalue weighted by Gasteiger charge is 2.17. The summed E-state index contributed by atoms with van der Waals surface area (Å²) in [6.07, 6.45) is 4.23. The van der Waals surface area contributed by atoms with Crippen molar-refractivity contribution in [2.24, 2.45) is 0 Å². The van der Waals surface area contributed by atoms with Crippen molar-refractivity contribution < 1.29 is 9.84 Å². The van der Waals surface area contributed by atoms with Crippen molar-refractivity contribution in [2.75, 3.05) is 6.61 Å². The van der Waals surface area contributed by atoms with Gasteiger partial charge in [-0.1, -0.05) is 20.8 Å². The summed E-state index contributed by atoms with van der Waals surface area (Å²) >= 11 is 1.78. The first-order valence-electron chi connectivity index (χ1n) is 7.24. The summed E-state index contributed by atoms with van der Waals surface area (Å²) in [5.41, 5.74) is 1.99. The smallest absolute Gasteiger partial charge is 0.140 e. The summed E-state index contributed by atoms with van der Waals surface area (Å²) in [6.45, 7) is 10.9. The number of nitrogens with zero attached hydrogens (tertiary/aromatic N) is 2. The number of ether oxygens (including phenoxy) is 1. The first kappa shape index (κ1) is 16.2. The number of hydrogen-bond donors (Lipinski definition) is 1. The summed E-state index contributed by atoms with van der Waals surface area (Å²) < 4.78 is 8.06. The highest BCUT2D eigenvalue weighted by molar-refractivity contribution is 8.00. The molecule has 4 nitrogen and oxygen atoms in total. The molecule has 116 valence electrons. The second-order valence-electron chi connectivity index (χ2n) is 6.33. The molecule has 0 saturated heterocycles. The van der Waals surface area contributed by atoms with Gasteiger partial charge in [0.05, 0.1) is 17.6 Å². The minimum Gasteiger partial charge on any atom is -0.492 e. The molecule has 0 amide bonds. The van der Waals surface area contributed by atoms with Crippen LogP contribution in [0.2, 0.25) is 0 Å². The summed E-state index contributed by atoms with van der Waals surface area (Å²) in [7, 11) is 0. The maximum Gasteiger partial charge on any atom is 0.140 e. The standard InChI is InChI=1S/C16H24N2O2S/c1-11-9-17-15-8-13(20-7-6-12(2)19)14(10-18(11)15)21-16(3,4)5/h8-10,12,19H,6-7H2,1-5H3. The average Bonchev–Trinajstić information content (AvgIpc) is 2.69. The molecule has 2 aromatic heterocycles. The summed E-state index contributed by atoms with van der Waals surface area (Å²) in [4.78, 5) is 5.48. The topological polar surface area (TPSA) is 46.8 Å². The van der Waals surface area contributed by atoms with Gasteiger partial charge in [0.1, 0.15) is 11.4 Å². The van der Waals surface area contributed by atoms with Gasteiger partial charge in [0.25, 0.3) is 0 Å². The lowest BCUT2D eigenvalue weighted by Crippen LogP contribution is -2.10. The fraction of sp³-hybridized carbons (Fsp3) is 0.562. The Hall–Kier alpha value is -1.20. The largest absolute Gasteiger partial charge is 0.492 e. The third-order valence-electron chi connectivity index (χ3n) is 2.97. The van der Waals surface area contributed by atoms with Gasteiger partial charge in [-0.2, -0.15) is 0 Å². The Morgan fingerprint density at radius 1 is 1.43 bits per heavy atom. The van der Waals surface area contributed by atoms with Gasteiger partial charge in [0, 0.05) is 35.3 Å². The molecule has 0 aromatic carbocycles. The number of hydrogen-bond acceptors (Lipinski definition) is 4. The van der Waals surface area contributed by atoms with E-state index in [9.17, 15) is 5.11 Å². The minimum atomic E-state index is -0.346. The molecule has 1 unspecified atom stereocenters. The molecular formula is C16H24N2O2S. The molecule has 2 heterocycles. The monoisotopic (exact) mass is 308 g/mol. The van der Waals surface area contributed by atoms with Crippen molar-refractivity contribution in [1.29, 1.82) is 0 Å². The second kappa shape index (κ2) is 6.28. The normalized spacial score (nSPS) is 13.6. The highest BCUT2D eigenvalue weighted by atomic mass is 32.2. The van der Waals surface area contributed by atoms with Crippen molar-refractivity contribution in [1.82, 2.24) is 9.38 Å². The van der Waals surface area contributed by atoms with Crippen LogP contribution in [0.4, 0.5) is 0 Å². The number of imidazole rings is 1. The lowest BCUT2D eigenvalue weighted by Gasteiger charge is -2.20. The van der Waals surface area contributed by atoms with E-state index in [-0.39, 0.29) is 10.9 Å². The number of pyridine rings is 1. The van der Waals surface area contributed by atoms with Crippen LogP contribution in [0.3, 0.4) is 0 Å². The second-order valence-corrected chi connectivity index (χ2v) is 8.20. The molecule has 0 bridgehead atoms. The summed E-state index contributed by atoms with van der Waals surface area (Å²) in [5, 5.41) is 9.36. The first-order chi connectivity index (χ1) is 9.76. The molecule has 0 aliphatic heterocycles. The zero-order chi connectivity index (χ0) is 15.6. The summed E-state index contributed by atoms with van der Waals surface area (Å²) in [6, 6.07) is 1.98. The highest BCUT2D eigenvalue weighted by Crippen LogP contribution is 2.38. The molecule has 0 fully saturated rings. The lowest BCUT2D eigenvalue weighted by atomic mass is 10.3. The first-order valence-corrected chi connectivity index (χ1v) is 8.05. The zero-order valence-electron chi connectivity index (χ0n) is 13.4. The zero-order valence-corrected chi connectivity index (χ0v) is 14.2. The van der Waals surface area contributed by atoms with Crippen LogP contribution < -0.4 is 4.74 Å². The molecule has 2 rings (SSSR count). The maximum absolute atomic E-state index is 9.36. The van der Waals surface area contributed by atoms with Crippen LogP contribution in [0, 0.1) is 6.92 Å². The van der Waals surface area contributed by atoms with Crippen molar-refractivity contribution in [3.8, 4) is 5.75 Å². The maximum atomic E-state index is 9.36. The minimum absolute atomic E-state index is 0.102. The van der Waals surface area contributed by atoms with E-state index in [4.69, 9.17) is 4.74 Å². The van der Waals surface area contributed by atoms with E-state index in [2.05, 4.69) is 36.4 Å². The number of aliphatic hydroxyl groups is 1. The third-order valence-corrected chi connectivity index (χ3v) is 4.11. The van der Waals surface area contributed by atoms with E-state index in [1.165, 1.54) is 0 Å². The van der Waals surface area contributed by atoms with E-state index in [1.807, 2.05) is 19.2 Å². The van der Waals surface area contributed by atoms with Crippen LogP contribution in [0.25, 0.3) is 5.65 Å². The van der Waals surface area contributed by atoms with Crippen LogP contribution in [0.1, 0.15) is 39.8 Å². The Morgan fingerprint density at radius 2 is 2.14 bits per heavy atom. The quantitative estimate of drug-likeness (QED) is 0.856. The average molecular weight is 308 g/mol. The Bertz CT molecular complexity index is 614. The number of aromatic nitrogens is 2. The van der Waals surface area contributed by atoms with E-state index >= 15 is 0 Å². The summed E-state index contributed by atoms with van der Waals surface area (Å²) in [5.74, 6) is 0.841. The van der Waals surface area contributed by atoms with Gasteiger partial charge in [-0.15, -0.1) is 11.8 Å². The molecule has 21 heavy (non-hydrogen) atoms. The fourth-order valence-corrected chi connectivity index (χ4v) is 3.00. The SMILES string of the molecule is Cc1cnc2cc(OCCC(C)O)c(SC(C)(C)C)cn12. The van der Waals surface area contributed by atoms with Crippen LogP contribution >= 0.6 is 11.8 Å². The van der Waals surface area contributed by atoms with Gasteiger partial charge in [-0.25, -0.2) is 4.98 Å². The molecular weight excluding hydrogens is 284 g/mol. The number of aryl methyl sites for hydroxylation is 1. The number of rotatable bonds is 5. The van der Waals surface area contributed by atoms with E-state index < -0.39 is 0 Å². The van der Waals surface area contributed by atoms with Gasteiger partial charge in [0.15, 0.2) is 0 Å². The predicted octanol–water partition coefficient (Wildman–Crippen LogP) is 3.68. The van der Waals surface area contributed by atoms with Gasteiger partial charge in [-0.3, -0.25) is 0 Å². The molecule has 1 atom stereocenters. The molecule has 0 saturated carbocycles. The van der Waals surface area contributed by atoms with Gasteiger partial charge >= 0.3 is 0 Å². The van der Waals surface area contributed by atoms with Crippen LogP contribution in [-0.4, -0.2) is 31.9 Å².